The predicted molar refractivity (Wildman–Crippen MR) is 99.4 cm³/mol. The van der Waals surface area contributed by atoms with Gasteiger partial charge in [-0.05, 0) is 42.8 Å². The molecule has 2 aromatic carbocycles. The molecule has 0 unspecified atom stereocenters. The number of pyridine rings is 1. The first-order chi connectivity index (χ1) is 11.6. The molecule has 0 radical (unpaired) electrons. The molecule has 0 fully saturated rings. The third kappa shape index (κ3) is 3.02. The molecule has 0 atom stereocenters. The van der Waals surface area contributed by atoms with Crippen LogP contribution in [0.2, 0.25) is 0 Å². The third-order valence-electron chi connectivity index (χ3n) is 3.97. The van der Waals surface area contributed by atoms with E-state index in [2.05, 4.69) is 24.9 Å². The molecule has 1 amide bonds. The molecule has 1 aliphatic rings. The van der Waals surface area contributed by atoms with Gasteiger partial charge in [0.1, 0.15) is 0 Å². The molecule has 3 heteroatoms. The monoisotopic (exact) mass is 318 g/mol. The quantitative estimate of drug-likeness (QED) is 0.624. The maximum atomic E-state index is 12.6. The van der Waals surface area contributed by atoms with Crippen LogP contribution in [0, 0.1) is 6.92 Å². The molecule has 1 aliphatic heterocycles. The summed E-state index contributed by atoms with van der Waals surface area (Å²) in [5, 5.41) is 1.05. The number of hydrogen-bond acceptors (Lipinski definition) is 2. The van der Waals surface area contributed by atoms with Crippen molar-refractivity contribution in [1.82, 2.24) is 4.98 Å². The zero-order chi connectivity index (χ0) is 17.1. The van der Waals surface area contributed by atoms with E-state index in [0.717, 1.165) is 33.3 Å². The number of aromatic nitrogens is 1. The molecule has 0 bridgehead atoms. The number of carbonyl (C=O) groups is 1. The highest BCUT2D eigenvalue weighted by Crippen LogP contribution is 2.30. The largest absolute Gasteiger partial charge is 0.304 e. The van der Waals surface area contributed by atoms with Crippen LogP contribution in [0.4, 0.5) is 5.69 Å². The lowest BCUT2D eigenvalue weighted by Crippen LogP contribution is -2.22. The van der Waals surface area contributed by atoms with Crippen molar-refractivity contribution in [2.24, 2.45) is 0 Å². The van der Waals surface area contributed by atoms with Crippen LogP contribution in [0.15, 0.2) is 54.7 Å². The summed E-state index contributed by atoms with van der Waals surface area (Å²) in [5.74, 6) is 0.0805. The highest BCUT2D eigenvalue weighted by molar-refractivity contribution is 6.10. The van der Waals surface area contributed by atoms with Crippen LogP contribution in [-0.4, -0.2) is 10.9 Å². The molecular weight excluding hydrogens is 296 g/mol. The van der Waals surface area contributed by atoms with E-state index in [1.165, 1.54) is 6.42 Å². The minimum Gasteiger partial charge on any atom is -0.304 e. The second kappa shape index (κ2) is 6.83. The topological polar surface area (TPSA) is 33.2 Å². The Morgan fingerprint density at radius 3 is 2.67 bits per heavy atom. The number of aryl methyl sites for hydroxylation is 1. The summed E-state index contributed by atoms with van der Waals surface area (Å²) in [7, 11) is 0. The third-order valence-corrected chi connectivity index (χ3v) is 3.97. The summed E-state index contributed by atoms with van der Waals surface area (Å²) in [4.78, 5) is 18.7. The summed E-state index contributed by atoms with van der Waals surface area (Å²) in [6, 6.07) is 16.0. The number of amides is 1. The number of anilines is 1. The van der Waals surface area contributed by atoms with E-state index in [-0.39, 0.29) is 5.91 Å². The second-order valence-corrected chi connectivity index (χ2v) is 6.14. The smallest absolute Gasteiger partial charge is 0.258 e. The lowest BCUT2D eigenvalue weighted by atomic mass is 10.1. The number of hydrogen-bond donors (Lipinski definition) is 0. The second-order valence-electron chi connectivity index (χ2n) is 6.14. The SMILES string of the molecule is CCC.Cc1ccc2c(c1)C(=O)N(c1ccc3ncccc3c1)C2. The first-order valence-electron chi connectivity index (χ1n) is 8.40. The van der Waals surface area contributed by atoms with Gasteiger partial charge in [0, 0.05) is 22.8 Å². The van der Waals surface area contributed by atoms with Crippen LogP contribution in [0.3, 0.4) is 0 Å². The van der Waals surface area contributed by atoms with E-state index < -0.39 is 0 Å². The summed E-state index contributed by atoms with van der Waals surface area (Å²) in [6.45, 7) is 6.90. The number of nitrogens with zero attached hydrogens (tertiary/aromatic N) is 2. The van der Waals surface area contributed by atoms with Crippen molar-refractivity contribution in [2.45, 2.75) is 33.7 Å². The van der Waals surface area contributed by atoms with E-state index in [9.17, 15) is 4.79 Å². The summed E-state index contributed by atoms with van der Waals surface area (Å²) in [5.41, 5.74) is 4.90. The van der Waals surface area contributed by atoms with E-state index in [1.807, 2.05) is 54.3 Å². The minimum absolute atomic E-state index is 0.0805. The van der Waals surface area contributed by atoms with Gasteiger partial charge in [-0.15, -0.1) is 0 Å². The zero-order valence-electron chi connectivity index (χ0n) is 14.4. The average Bonchev–Trinajstić information content (AvgIpc) is 2.92. The summed E-state index contributed by atoms with van der Waals surface area (Å²) >= 11 is 0. The van der Waals surface area contributed by atoms with Gasteiger partial charge in [-0.1, -0.05) is 44.0 Å². The molecule has 3 aromatic rings. The van der Waals surface area contributed by atoms with Crippen LogP contribution in [0.25, 0.3) is 10.9 Å². The molecule has 122 valence electrons. The van der Waals surface area contributed by atoms with Crippen LogP contribution in [0.5, 0.6) is 0 Å². The zero-order valence-corrected chi connectivity index (χ0v) is 14.4. The Morgan fingerprint density at radius 1 is 1.08 bits per heavy atom. The van der Waals surface area contributed by atoms with Gasteiger partial charge in [-0.3, -0.25) is 9.78 Å². The molecule has 0 saturated heterocycles. The van der Waals surface area contributed by atoms with E-state index in [4.69, 9.17) is 0 Å². The highest BCUT2D eigenvalue weighted by atomic mass is 16.2. The molecule has 0 aliphatic carbocycles. The van der Waals surface area contributed by atoms with Crippen LogP contribution >= 0.6 is 0 Å². The maximum Gasteiger partial charge on any atom is 0.258 e. The van der Waals surface area contributed by atoms with E-state index >= 15 is 0 Å². The number of fused-ring (bicyclic) bond motifs is 2. The molecule has 0 saturated carbocycles. The molecular formula is C21H22N2O. The van der Waals surface area contributed by atoms with Crippen molar-refractivity contribution in [3.63, 3.8) is 0 Å². The Bertz CT molecular complexity index is 886. The first kappa shape index (κ1) is 16.2. The number of benzene rings is 2. The standard InChI is InChI=1S/C18H14N2O.C3H8/c1-12-4-5-14-11-20(18(21)16(14)9-12)15-6-7-17-13(10-15)3-2-8-19-17;1-3-2/h2-10H,11H2,1H3;3H2,1-2H3. The fourth-order valence-electron chi connectivity index (χ4n) is 2.85. The fraction of sp³-hybridized carbons (Fsp3) is 0.238. The Hall–Kier alpha value is -2.68. The minimum atomic E-state index is 0.0805. The van der Waals surface area contributed by atoms with Crippen molar-refractivity contribution in [1.29, 1.82) is 0 Å². The number of rotatable bonds is 1. The lowest BCUT2D eigenvalue weighted by Gasteiger charge is -2.16. The van der Waals surface area contributed by atoms with Crippen LogP contribution < -0.4 is 4.90 Å². The summed E-state index contributed by atoms with van der Waals surface area (Å²) in [6.07, 6.45) is 3.03. The van der Waals surface area contributed by atoms with Crippen molar-refractivity contribution >= 4 is 22.5 Å². The fourth-order valence-corrected chi connectivity index (χ4v) is 2.85. The Labute approximate surface area is 143 Å². The molecule has 4 rings (SSSR count). The molecule has 3 nitrogen and oxygen atoms in total. The Morgan fingerprint density at radius 2 is 1.88 bits per heavy atom. The average molecular weight is 318 g/mol. The Balaban J connectivity index is 0.000000526. The van der Waals surface area contributed by atoms with Crippen molar-refractivity contribution in [3.05, 3.63) is 71.4 Å². The normalized spacial score (nSPS) is 12.8. The Kier molecular flexibility index (Phi) is 4.61. The van der Waals surface area contributed by atoms with Crippen LogP contribution in [0.1, 0.15) is 41.8 Å². The van der Waals surface area contributed by atoms with Gasteiger partial charge in [-0.2, -0.15) is 0 Å². The molecule has 0 N–H and O–H groups in total. The van der Waals surface area contributed by atoms with Gasteiger partial charge >= 0.3 is 0 Å². The molecule has 24 heavy (non-hydrogen) atoms. The van der Waals surface area contributed by atoms with Crippen molar-refractivity contribution in [3.8, 4) is 0 Å². The van der Waals surface area contributed by atoms with Gasteiger partial charge in [0.15, 0.2) is 0 Å². The number of carbonyl (C=O) groups excluding carboxylic acids is 1. The van der Waals surface area contributed by atoms with Gasteiger partial charge in [0.25, 0.3) is 5.91 Å². The van der Waals surface area contributed by atoms with Crippen molar-refractivity contribution < 1.29 is 4.79 Å². The van der Waals surface area contributed by atoms with Crippen molar-refractivity contribution in [2.75, 3.05) is 4.90 Å². The molecule has 2 heterocycles. The highest BCUT2D eigenvalue weighted by Gasteiger charge is 2.28. The lowest BCUT2D eigenvalue weighted by molar-refractivity contribution is 0.0996. The van der Waals surface area contributed by atoms with Gasteiger partial charge in [0.2, 0.25) is 0 Å². The van der Waals surface area contributed by atoms with Gasteiger partial charge < -0.3 is 4.90 Å². The molecule has 0 spiro atoms. The first-order valence-corrected chi connectivity index (χ1v) is 8.40. The van der Waals surface area contributed by atoms with Crippen LogP contribution in [-0.2, 0) is 6.54 Å². The maximum absolute atomic E-state index is 12.6. The van der Waals surface area contributed by atoms with Gasteiger partial charge in [-0.25, -0.2) is 0 Å². The van der Waals surface area contributed by atoms with E-state index in [1.54, 1.807) is 6.20 Å². The van der Waals surface area contributed by atoms with E-state index in [0.29, 0.717) is 6.54 Å². The van der Waals surface area contributed by atoms with Gasteiger partial charge in [0.05, 0.1) is 12.1 Å². The summed E-state index contributed by atoms with van der Waals surface area (Å²) < 4.78 is 0. The predicted octanol–water partition coefficient (Wildman–Crippen LogP) is 5.12. The molecule has 1 aromatic heterocycles.